The Bertz CT molecular complexity index is 122. The van der Waals surface area contributed by atoms with Crippen molar-refractivity contribution < 1.29 is 4.79 Å². The van der Waals surface area contributed by atoms with Crippen molar-refractivity contribution in [2.75, 3.05) is 26.2 Å². The minimum atomic E-state index is 0.169. The Hall–Kier alpha value is -0.410. The van der Waals surface area contributed by atoms with Crippen LogP contribution < -0.4 is 5.73 Å². The van der Waals surface area contributed by atoms with Crippen molar-refractivity contribution in [3.63, 3.8) is 0 Å². The maximum absolute atomic E-state index is 10.8. The highest BCUT2D eigenvalue weighted by molar-refractivity contribution is 5.80. The fourth-order valence-corrected chi connectivity index (χ4v) is 1.14. The van der Waals surface area contributed by atoms with Gasteiger partial charge in [-0.25, -0.2) is 0 Å². The number of hydrogen-bond donors (Lipinski definition) is 1. The van der Waals surface area contributed by atoms with Gasteiger partial charge in [-0.15, -0.1) is 0 Å². The average molecular weight is 172 g/mol. The molecule has 0 aliphatic rings. The number of rotatable bonds is 7. The molecule has 0 aliphatic heterocycles. The van der Waals surface area contributed by atoms with Crippen LogP contribution in [0.3, 0.4) is 0 Å². The van der Waals surface area contributed by atoms with Gasteiger partial charge in [0.2, 0.25) is 0 Å². The van der Waals surface area contributed by atoms with Crippen LogP contribution >= 0.6 is 0 Å². The summed E-state index contributed by atoms with van der Waals surface area (Å²) in [6, 6.07) is 0. The van der Waals surface area contributed by atoms with Gasteiger partial charge in [0.25, 0.3) is 0 Å². The van der Waals surface area contributed by atoms with E-state index < -0.39 is 0 Å². The van der Waals surface area contributed by atoms with E-state index in [2.05, 4.69) is 18.7 Å². The van der Waals surface area contributed by atoms with E-state index in [1.807, 2.05) is 0 Å². The van der Waals surface area contributed by atoms with Crippen LogP contribution in [0.2, 0.25) is 0 Å². The van der Waals surface area contributed by atoms with E-state index in [0.29, 0.717) is 6.42 Å². The molecule has 0 spiro atoms. The monoisotopic (exact) mass is 172 g/mol. The molecule has 0 aliphatic carbocycles. The molecule has 0 saturated carbocycles. The minimum Gasteiger partial charge on any atom is -0.324 e. The fourth-order valence-electron chi connectivity index (χ4n) is 1.14. The summed E-state index contributed by atoms with van der Waals surface area (Å²) in [5.74, 6) is 0.169. The highest BCUT2D eigenvalue weighted by atomic mass is 16.1. The molecule has 0 aromatic heterocycles. The van der Waals surface area contributed by atoms with Crippen LogP contribution in [0.5, 0.6) is 0 Å². The Kier molecular flexibility index (Phi) is 7.00. The maximum Gasteiger partial charge on any atom is 0.146 e. The molecular formula is C9H20N2O. The highest BCUT2D eigenvalue weighted by Gasteiger charge is 2.01. The van der Waals surface area contributed by atoms with Crippen molar-refractivity contribution in [3.05, 3.63) is 0 Å². The van der Waals surface area contributed by atoms with E-state index in [4.69, 9.17) is 5.73 Å². The number of Topliss-reactive ketones (excluding diaryl/α,β-unsaturated/α-hetero) is 1. The second kappa shape index (κ2) is 7.25. The van der Waals surface area contributed by atoms with E-state index in [9.17, 15) is 4.79 Å². The van der Waals surface area contributed by atoms with Gasteiger partial charge < -0.3 is 10.6 Å². The third kappa shape index (κ3) is 5.27. The van der Waals surface area contributed by atoms with E-state index in [1.54, 1.807) is 0 Å². The van der Waals surface area contributed by atoms with Gasteiger partial charge >= 0.3 is 0 Å². The van der Waals surface area contributed by atoms with Gasteiger partial charge in [0, 0.05) is 6.42 Å². The molecule has 3 nitrogen and oxygen atoms in total. The topological polar surface area (TPSA) is 46.3 Å². The Morgan fingerprint density at radius 3 is 2.33 bits per heavy atom. The SMILES string of the molecule is CCN(CC)CCCC(=O)CN. The van der Waals surface area contributed by atoms with Gasteiger partial charge in [0.05, 0.1) is 6.54 Å². The molecule has 0 aromatic rings. The van der Waals surface area contributed by atoms with E-state index in [1.165, 1.54) is 0 Å². The van der Waals surface area contributed by atoms with Crippen LogP contribution in [0.4, 0.5) is 0 Å². The molecule has 72 valence electrons. The first-order valence-corrected chi connectivity index (χ1v) is 4.68. The predicted octanol–water partition coefficient (Wildman–Crippen LogP) is 0.636. The summed E-state index contributed by atoms with van der Waals surface area (Å²) in [5, 5.41) is 0. The summed E-state index contributed by atoms with van der Waals surface area (Å²) < 4.78 is 0. The quantitative estimate of drug-likeness (QED) is 0.613. The smallest absolute Gasteiger partial charge is 0.146 e. The first-order chi connectivity index (χ1) is 5.74. The lowest BCUT2D eigenvalue weighted by atomic mass is 10.2. The molecular weight excluding hydrogens is 152 g/mol. The lowest BCUT2D eigenvalue weighted by molar-refractivity contribution is -0.117. The van der Waals surface area contributed by atoms with Crippen LogP contribution in [0.25, 0.3) is 0 Å². The average Bonchev–Trinajstić information content (AvgIpc) is 2.12. The van der Waals surface area contributed by atoms with Gasteiger partial charge in [0.1, 0.15) is 5.78 Å². The lowest BCUT2D eigenvalue weighted by Gasteiger charge is -2.16. The minimum absolute atomic E-state index is 0.169. The second-order valence-electron chi connectivity index (χ2n) is 2.87. The number of carbonyl (C=O) groups excluding carboxylic acids is 1. The number of nitrogens with zero attached hydrogens (tertiary/aromatic N) is 1. The summed E-state index contributed by atoms with van der Waals surface area (Å²) in [5.41, 5.74) is 5.19. The third-order valence-corrected chi connectivity index (χ3v) is 2.05. The number of nitrogens with two attached hydrogens (primary N) is 1. The molecule has 12 heavy (non-hydrogen) atoms. The standard InChI is InChI=1S/C9H20N2O/c1-3-11(4-2)7-5-6-9(12)8-10/h3-8,10H2,1-2H3. The zero-order valence-electron chi connectivity index (χ0n) is 8.18. The van der Waals surface area contributed by atoms with E-state index in [0.717, 1.165) is 26.1 Å². The van der Waals surface area contributed by atoms with Crippen molar-refractivity contribution in [2.45, 2.75) is 26.7 Å². The molecule has 0 bridgehead atoms. The summed E-state index contributed by atoms with van der Waals surface area (Å²) in [6.07, 6.45) is 1.57. The van der Waals surface area contributed by atoms with Crippen LogP contribution in [0.1, 0.15) is 26.7 Å². The molecule has 0 atom stereocenters. The van der Waals surface area contributed by atoms with E-state index in [-0.39, 0.29) is 12.3 Å². The molecule has 0 heterocycles. The summed E-state index contributed by atoms with van der Waals surface area (Å²) in [4.78, 5) is 13.1. The van der Waals surface area contributed by atoms with Crippen molar-refractivity contribution in [3.8, 4) is 0 Å². The summed E-state index contributed by atoms with van der Waals surface area (Å²) in [6.45, 7) is 7.60. The van der Waals surface area contributed by atoms with Gasteiger partial charge in [0.15, 0.2) is 0 Å². The Balaban J connectivity index is 3.34. The second-order valence-corrected chi connectivity index (χ2v) is 2.87. The number of carbonyl (C=O) groups is 1. The maximum atomic E-state index is 10.8. The molecule has 0 rings (SSSR count). The number of hydrogen-bond acceptors (Lipinski definition) is 3. The lowest BCUT2D eigenvalue weighted by Crippen LogP contribution is -2.25. The van der Waals surface area contributed by atoms with Crippen LogP contribution in [0.15, 0.2) is 0 Å². The van der Waals surface area contributed by atoms with Gasteiger partial charge in [-0.2, -0.15) is 0 Å². The molecule has 0 amide bonds. The summed E-state index contributed by atoms with van der Waals surface area (Å²) >= 11 is 0. The molecule has 0 fully saturated rings. The number of ketones is 1. The molecule has 2 N–H and O–H groups in total. The van der Waals surface area contributed by atoms with Gasteiger partial charge in [-0.3, -0.25) is 4.79 Å². The zero-order chi connectivity index (χ0) is 9.40. The van der Waals surface area contributed by atoms with Crippen molar-refractivity contribution >= 4 is 5.78 Å². The highest BCUT2D eigenvalue weighted by Crippen LogP contribution is 1.95. The van der Waals surface area contributed by atoms with Gasteiger partial charge in [-0.05, 0) is 26.1 Å². The Morgan fingerprint density at radius 1 is 1.33 bits per heavy atom. The molecule has 0 saturated heterocycles. The largest absolute Gasteiger partial charge is 0.324 e. The normalized spacial score (nSPS) is 10.7. The molecule has 0 radical (unpaired) electrons. The van der Waals surface area contributed by atoms with Crippen LogP contribution in [0, 0.1) is 0 Å². The molecule has 3 heteroatoms. The first kappa shape index (κ1) is 11.6. The fraction of sp³-hybridized carbons (Fsp3) is 0.889. The predicted molar refractivity (Wildman–Crippen MR) is 51.1 cm³/mol. The first-order valence-electron chi connectivity index (χ1n) is 4.68. The molecule has 0 unspecified atom stereocenters. The summed E-state index contributed by atoms with van der Waals surface area (Å²) in [7, 11) is 0. The van der Waals surface area contributed by atoms with Crippen LogP contribution in [-0.4, -0.2) is 36.9 Å². The van der Waals surface area contributed by atoms with Crippen molar-refractivity contribution in [2.24, 2.45) is 5.73 Å². The molecule has 0 aromatic carbocycles. The van der Waals surface area contributed by atoms with Crippen molar-refractivity contribution in [1.82, 2.24) is 4.90 Å². The van der Waals surface area contributed by atoms with Crippen molar-refractivity contribution in [1.29, 1.82) is 0 Å². The zero-order valence-corrected chi connectivity index (χ0v) is 8.18. The third-order valence-electron chi connectivity index (χ3n) is 2.05. The Morgan fingerprint density at radius 2 is 1.92 bits per heavy atom. The van der Waals surface area contributed by atoms with Gasteiger partial charge in [-0.1, -0.05) is 13.8 Å². The Labute approximate surface area is 74.9 Å². The van der Waals surface area contributed by atoms with Crippen LogP contribution in [-0.2, 0) is 4.79 Å². The van der Waals surface area contributed by atoms with E-state index >= 15 is 0 Å².